The van der Waals surface area contributed by atoms with Crippen molar-refractivity contribution in [1.29, 1.82) is 0 Å². The fourth-order valence-corrected chi connectivity index (χ4v) is 5.61. The zero-order chi connectivity index (χ0) is 24.1. The highest BCUT2D eigenvalue weighted by Crippen LogP contribution is 2.33. The minimum Gasteiger partial charge on any atom is -0.486 e. The minimum absolute atomic E-state index is 0.0290. The second-order valence-electron chi connectivity index (χ2n) is 7.56. The van der Waals surface area contributed by atoms with Crippen LogP contribution < -0.4 is 14.8 Å². The van der Waals surface area contributed by atoms with Crippen molar-refractivity contribution in [1.82, 2.24) is 4.31 Å². The lowest BCUT2D eigenvalue weighted by Crippen LogP contribution is -2.39. The quantitative estimate of drug-likeness (QED) is 0.467. The Bertz CT molecular complexity index is 1290. The Morgan fingerprint density at radius 3 is 2.44 bits per heavy atom. The largest absolute Gasteiger partial charge is 0.486 e. The number of fused-ring (bicyclic) bond motifs is 1. The van der Waals surface area contributed by atoms with Gasteiger partial charge in [0.25, 0.3) is 0 Å². The molecule has 0 fully saturated rings. The van der Waals surface area contributed by atoms with Gasteiger partial charge in [-0.3, -0.25) is 4.79 Å². The van der Waals surface area contributed by atoms with Crippen molar-refractivity contribution in [3.63, 3.8) is 0 Å². The number of nitrogens with zero attached hydrogens (tertiary/aromatic N) is 1. The van der Waals surface area contributed by atoms with Crippen molar-refractivity contribution in [2.75, 3.05) is 31.6 Å². The number of anilines is 1. The maximum Gasteiger partial charge on any atom is 0.245 e. The molecule has 7 nitrogen and oxygen atoms in total. The first-order valence-electron chi connectivity index (χ1n) is 10.5. The van der Waals surface area contributed by atoms with Crippen LogP contribution in [-0.2, 0) is 21.2 Å². The number of nitrogens with one attached hydrogen (secondary N) is 1. The summed E-state index contributed by atoms with van der Waals surface area (Å²) in [6, 6.07) is 18.6. The number of sulfonamides is 1. The van der Waals surface area contributed by atoms with Crippen molar-refractivity contribution < 1.29 is 22.7 Å². The lowest BCUT2D eigenvalue weighted by Gasteiger charge is -2.23. The van der Waals surface area contributed by atoms with E-state index in [1.54, 1.807) is 18.2 Å². The van der Waals surface area contributed by atoms with Crippen molar-refractivity contribution >= 4 is 44.8 Å². The van der Waals surface area contributed by atoms with Gasteiger partial charge in [0.1, 0.15) is 18.1 Å². The van der Waals surface area contributed by atoms with Crippen LogP contribution in [0.5, 0.6) is 11.5 Å². The van der Waals surface area contributed by atoms with E-state index in [4.69, 9.17) is 32.7 Å². The van der Waals surface area contributed by atoms with Crippen molar-refractivity contribution in [3.05, 3.63) is 82.3 Å². The van der Waals surface area contributed by atoms with E-state index in [1.165, 1.54) is 18.2 Å². The summed E-state index contributed by atoms with van der Waals surface area (Å²) in [5, 5.41) is 2.99. The molecule has 0 saturated heterocycles. The Kier molecular flexibility index (Phi) is 7.63. The molecule has 34 heavy (non-hydrogen) atoms. The summed E-state index contributed by atoms with van der Waals surface area (Å²) in [6.07, 6.45) is 0.412. The molecule has 0 aliphatic carbocycles. The zero-order valence-electron chi connectivity index (χ0n) is 18.0. The lowest BCUT2D eigenvalue weighted by atomic mass is 10.1. The lowest BCUT2D eigenvalue weighted by molar-refractivity contribution is -0.116. The van der Waals surface area contributed by atoms with Crippen LogP contribution in [0.15, 0.2) is 71.6 Å². The van der Waals surface area contributed by atoms with Crippen LogP contribution >= 0.6 is 23.2 Å². The van der Waals surface area contributed by atoms with Gasteiger partial charge >= 0.3 is 0 Å². The molecule has 0 atom stereocenters. The molecule has 0 saturated carbocycles. The van der Waals surface area contributed by atoms with E-state index >= 15 is 0 Å². The Balaban J connectivity index is 1.56. The van der Waals surface area contributed by atoms with Gasteiger partial charge in [0.05, 0.1) is 11.6 Å². The summed E-state index contributed by atoms with van der Waals surface area (Å²) in [7, 11) is -4.11. The van der Waals surface area contributed by atoms with Crippen LogP contribution in [0, 0.1) is 0 Å². The van der Waals surface area contributed by atoms with E-state index in [9.17, 15) is 13.2 Å². The first-order chi connectivity index (χ1) is 16.3. The molecule has 3 aromatic rings. The summed E-state index contributed by atoms with van der Waals surface area (Å²) in [5.74, 6) is 0.599. The SMILES string of the molecule is O=C(CN(CCc1ccccc1)S(=O)(=O)c1cc(Cl)ccc1Cl)Nc1ccc2c(c1)OCCO2. The highest BCUT2D eigenvalue weighted by molar-refractivity contribution is 7.89. The van der Waals surface area contributed by atoms with Gasteiger partial charge < -0.3 is 14.8 Å². The van der Waals surface area contributed by atoms with Gasteiger partial charge in [-0.2, -0.15) is 4.31 Å². The van der Waals surface area contributed by atoms with E-state index in [0.717, 1.165) is 9.87 Å². The molecule has 0 radical (unpaired) electrons. The maximum absolute atomic E-state index is 13.5. The molecular weight excluding hydrogens is 499 g/mol. The molecule has 3 aromatic carbocycles. The molecule has 0 aromatic heterocycles. The predicted molar refractivity (Wildman–Crippen MR) is 131 cm³/mol. The third-order valence-electron chi connectivity index (χ3n) is 5.15. The topological polar surface area (TPSA) is 84.9 Å². The van der Waals surface area contributed by atoms with Gasteiger partial charge in [0.2, 0.25) is 15.9 Å². The maximum atomic E-state index is 13.5. The van der Waals surface area contributed by atoms with E-state index in [2.05, 4.69) is 5.32 Å². The Hall–Kier alpha value is -2.78. The van der Waals surface area contributed by atoms with Gasteiger partial charge in [-0.25, -0.2) is 8.42 Å². The van der Waals surface area contributed by atoms with Crippen LogP contribution in [0.3, 0.4) is 0 Å². The van der Waals surface area contributed by atoms with Crippen LogP contribution in [0.1, 0.15) is 5.56 Å². The molecule has 0 unspecified atom stereocenters. The van der Waals surface area contributed by atoms with E-state index in [1.807, 2.05) is 30.3 Å². The number of carbonyl (C=O) groups is 1. The summed E-state index contributed by atoms with van der Waals surface area (Å²) in [5.41, 5.74) is 1.41. The Morgan fingerprint density at radius 2 is 1.68 bits per heavy atom. The average molecular weight is 521 g/mol. The number of carbonyl (C=O) groups excluding carboxylic acids is 1. The minimum atomic E-state index is -4.11. The number of ether oxygens (including phenoxy) is 2. The van der Waals surface area contributed by atoms with Gasteiger partial charge in [0.15, 0.2) is 11.5 Å². The van der Waals surface area contributed by atoms with Gasteiger partial charge in [-0.1, -0.05) is 53.5 Å². The number of halogens is 2. The molecule has 1 aliphatic rings. The van der Waals surface area contributed by atoms with Crippen LogP contribution in [-0.4, -0.2) is 44.9 Å². The van der Waals surface area contributed by atoms with E-state index in [0.29, 0.717) is 36.8 Å². The third-order valence-corrected chi connectivity index (χ3v) is 7.71. The molecule has 10 heteroatoms. The van der Waals surface area contributed by atoms with Gasteiger partial charge in [0, 0.05) is 23.3 Å². The van der Waals surface area contributed by atoms with Crippen LogP contribution in [0.25, 0.3) is 0 Å². The molecule has 0 spiro atoms. The number of benzene rings is 3. The molecule has 1 N–H and O–H groups in total. The van der Waals surface area contributed by atoms with E-state index in [-0.39, 0.29) is 21.5 Å². The predicted octanol–water partition coefficient (Wildman–Crippen LogP) is 4.64. The zero-order valence-corrected chi connectivity index (χ0v) is 20.4. The summed E-state index contributed by atoms with van der Waals surface area (Å²) < 4.78 is 39.1. The molecule has 1 aliphatic heterocycles. The summed E-state index contributed by atoms with van der Waals surface area (Å²) in [6.45, 7) is 0.533. The second-order valence-corrected chi connectivity index (χ2v) is 10.3. The number of amides is 1. The fraction of sp³-hybridized carbons (Fsp3) is 0.208. The van der Waals surface area contributed by atoms with E-state index < -0.39 is 22.5 Å². The van der Waals surface area contributed by atoms with Crippen molar-refractivity contribution in [2.45, 2.75) is 11.3 Å². The van der Waals surface area contributed by atoms with Crippen LogP contribution in [0.2, 0.25) is 10.0 Å². The smallest absolute Gasteiger partial charge is 0.245 e. The summed E-state index contributed by atoms with van der Waals surface area (Å²) >= 11 is 12.2. The highest BCUT2D eigenvalue weighted by atomic mass is 35.5. The molecule has 178 valence electrons. The molecule has 1 amide bonds. The van der Waals surface area contributed by atoms with Gasteiger partial charge in [-0.05, 0) is 42.3 Å². The molecular formula is C24H22Cl2N2O5S. The van der Waals surface area contributed by atoms with Crippen molar-refractivity contribution in [2.24, 2.45) is 0 Å². The molecule has 0 bridgehead atoms. The Labute approximate surface area is 208 Å². The number of hydrogen-bond donors (Lipinski definition) is 1. The van der Waals surface area contributed by atoms with Crippen LogP contribution in [0.4, 0.5) is 5.69 Å². The highest BCUT2D eigenvalue weighted by Gasteiger charge is 2.29. The Morgan fingerprint density at radius 1 is 0.941 bits per heavy atom. The second kappa shape index (κ2) is 10.7. The molecule has 1 heterocycles. The first kappa shape index (κ1) is 24.3. The normalized spacial score (nSPS) is 13.0. The first-order valence-corrected chi connectivity index (χ1v) is 12.7. The van der Waals surface area contributed by atoms with Gasteiger partial charge in [-0.15, -0.1) is 0 Å². The van der Waals surface area contributed by atoms with Crippen molar-refractivity contribution in [3.8, 4) is 11.5 Å². The number of hydrogen-bond acceptors (Lipinski definition) is 5. The fourth-order valence-electron chi connectivity index (χ4n) is 3.48. The third kappa shape index (κ3) is 5.82. The molecule has 4 rings (SSSR count). The summed E-state index contributed by atoms with van der Waals surface area (Å²) in [4.78, 5) is 12.7. The standard InChI is InChI=1S/C24H22Cl2N2O5S/c25-18-6-8-20(26)23(14-18)34(30,31)28(11-10-17-4-2-1-3-5-17)16-24(29)27-19-7-9-21-22(15-19)33-13-12-32-21/h1-9,14-15H,10-13,16H2,(H,27,29). The number of rotatable bonds is 8. The monoisotopic (exact) mass is 520 g/mol. The average Bonchev–Trinajstić information content (AvgIpc) is 2.83.